The van der Waals surface area contributed by atoms with Crippen molar-refractivity contribution in [2.24, 2.45) is 35.5 Å². The number of aliphatic hydroxyl groups excluding tert-OH is 7. The lowest BCUT2D eigenvalue weighted by Gasteiger charge is -2.39. The molecule has 2 saturated carbocycles. The first-order valence-corrected chi connectivity index (χ1v) is 16.1. The van der Waals surface area contributed by atoms with Gasteiger partial charge in [0, 0.05) is 29.6 Å². The molecule has 6 rings (SSSR count). The van der Waals surface area contributed by atoms with Crippen LogP contribution in [0, 0.1) is 35.5 Å². The Hall–Kier alpha value is -3.28. The Morgan fingerprint density at radius 1 is 0.792 bits per heavy atom. The van der Waals surface area contributed by atoms with Crippen molar-refractivity contribution in [3.05, 3.63) is 53.5 Å². The molecule has 0 spiro atoms. The van der Waals surface area contributed by atoms with Crippen LogP contribution in [0.25, 0.3) is 0 Å². The molecule has 15 heteroatoms. The summed E-state index contributed by atoms with van der Waals surface area (Å²) in [6.45, 7) is 2.88. The van der Waals surface area contributed by atoms with Crippen molar-refractivity contribution < 1.29 is 73.8 Å². The number of hydrogen-bond donors (Lipinski definition) is 7. The van der Waals surface area contributed by atoms with Gasteiger partial charge in [0.2, 0.25) is 6.29 Å². The zero-order valence-electron chi connectivity index (χ0n) is 26.3. The first kappa shape index (κ1) is 34.6. The summed E-state index contributed by atoms with van der Waals surface area (Å²) in [7, 11) is 0. The highest BCUT2D eigenvalue weighted by molar-refractivity contribution is 5.90. The van der Waals surface area contributed by atoms with Crippen LogP contribution in [-0.4, -0.2) is 110 Å². The Kier molecular flexibility index (Phi) is 10.0. The van der Waals surface area contributed by atoms with Gasteiger partial charge in [-0.15, -0.1) is 0 Å². The maximum atomic E-state index is 13.3. The second kappa shape index (κ2) is 13.9. The Labute approximate surface area is 275 Å². The van der Waals surface area contributed by atoms with Crippen molar-refractivity contribution in [2.45, 2.75) is 88.8 Å². The summed E-state index contributed by atoms with van der Waals surface area (Å²) in [5.41, 5.74) is 1.00. The van der Waals surface area contributed by atoms with Gasteiger partial charge in [-0.05, 0) is 36.5 Å². The molecule has 1 saturated heterocycles. The molecule has 0 bridgehead atoms. The molecule has 1 aromatic carbocycles. The van der Waals surface area contributed by atoms with E-state index in [4.69, 9.17) is 28.4 Å². The van der Waals surface area contributed by atoms with Gasteiger partial charge in [-0.2, -0.15) is 0 Å². The summed E-state index contributed by atoms with van der Waals surface area (Å²) < 4.78 is 33.1. The van der Waals surface area contributed by atoms with Crippen LogP contribution in [0.2, 0.25) is 0 Å². The summed E-state index contributed by atoms with van der Waals surface area (Å²) in [6, 6.07) is 6.27. The normalized spacial score (nSPS) is 41.9. The van der Waals surface area contributed by atoms with Gasteiger partial charge in [-0.1, -0.05) is 26.0 Å². The average molecular weight is 679 g/mol. The zero-order chi connectivity index (χ0) is 34.4. The molecule has 3 aliphatic heterocycles. The zero-order valence-corrected chi connectivity index (χ0v) is 26.3. The van der Waals surface area contributed by atoms with Crippen molar-refractivity contribution in [3.8, 4) is 5.75 Å². The molecule has 1 aromatic rings. The number of aliphatic hydroxyl groups is 7. The lowest BCUT2D eigenvalue weighted by atomic mass is 9.83. The van der Waals surface area contributed by atoms with Crippen LogP contribution in [0.15, 0.2) is 47.9 Å². The number of benzene rings is 1. The van der Waals surface area contributed by atoms with Crippen molar-refractivity contribution in [3.63, 3.8) is 0 Å². The largest absolute Gasteiger partial charge is 0.472 e. The van der Waals surface area contributed by atoms with Crippen LogP contribution in [0.3, 0.4) is 0 Å². The molecule has 3 fully saturated rings. The highest BCUT2D eigenvalue weighted by Gasteiger charge is 2.54. The highest BCUT2D eigenvalue weighted by atomic mass is 16.7. The number of carbonyl (C=O) groups excluding carboxylic acids is 2. The third-order valence-corrected chi connectivity index (χ3v) is 10.6. The minimum Gasteiger partial charge on any atom is -0.472 e. The van der Waals surface area contributed by atoms with Gasteiger partial charge in [0.15, 0.2) is 12.6 Å². The molecule has 0 radical (unpaired) electrons. The maximum absolute atomic E-state index is 13.3. The molecule has 5 aliphatic rings. The van der Waals surface area contributed by atoms with E-state index in [1.165, 1.54) is 24.7 Å². The fraction of sp³-hybridized carbons (Fsp3) is 0.636. The van der Waals surface area contributed by atoms with E-state index >= 15 is 0 Å². The first-order valence-electron chi connectivity index (χ1n) is 16.1. The Bertz CT molecular complexity index is 1390. The number of esters is 2. The van der Waals surface area contributed by atoms with E-state index in [0.29, 0.717) is 5.56 Å². The van der Waals surface area contributed by atoms with Crippen molar-refractivity contribution in [2.75, 3.05) is 6.61 Å². The lowest BCUT2D eigenvalue weighted by Crippen LogP contribution is -2.60. The SMILES string of the molecule is C[C@@H]1[C@H]2[C@H](O)OC=C(C(=O)OCc3ccc(O[C@H]4O[C@@H](CO)[C@H](O)[C@H](O)[C@@H]4O)cc3)[C@@H]2C[C@H]1OC(=O)C1=CO[C@@H](O)[C@@H]2[C@H](C)[C@@H](O)C[C@H]12. The molecule has 2 aliphatic carbocycles. The number of carbonyl (C=O) groups is 2. The smallest absolute Gasteiger partial charge is 0.337 e. The molecule has 15 nitrogen and oxygen atoms in total. The molecule has 3 heterocycles. The standard InChI is InChI=1S/C33H42O15/c1-13-21(35)7-17-20(12-45-31(41)24(13)17)30(40)47-22-8-18-19(11-44-32(42)25(18)14(22)2)29(39)43-10-15-3-5-16(6-4-15)46-33-28(38)27(37)26(36)23(9-34)48-33/h3-6,11-14,17-18,21-28,31-38,41-42H,7-10H2,1-2H3/t13-,14+,17-,18+,21+,22-,23+,24-,25-,26+,27+,28+,31-,32-,33+/m1/s1. The topological polar surface area (TPSA) is 231 Å². The predicted molar refractivity (Wildman–Crippen MR) is 158 cm³/mol. The van der Waals surface area contributed by atoms with E-state index < -0.39 is 97.7 Å². The molecule has 48 heavy (non-hydrogen) atoms. The number of ether oxygens (including phenoxy) is 6. The summed E-state index contributed by atoms with van der Waals surface area (Å²) in [6.07, 6.45) is -7.98. The third kappa shape index (κ3) is 6.41. The average Bonchev–Trinajstić information content (AvgIpc) is 3.56. The lowest BCUT2D eigenvalue weighted by molar-refractivity contribution is -0.277. The third-order valence-electron chi connectivity index (χ3n) is 10.6. The second-order valence-electron chi connectivity index (χ2n) is 13.3. The van der Waals surface area contributed by atoms with Crippen LogP contribution < -0.4 is 4.74 Å². The summed E-state index contributed by atoms with van der Waals surface area (Å²) >= 11 is 0. The van der Waals surface area contributed by atoms with Crippen LogP contribution in [0.4, 0.5) is 0 Å². The molecule has 0 amide bonds. The Morgan fingerprint density at radius 3 is 2.04 bits per heavy atom. The molecule has 0 unspecified atom stereocenters. The van der Waals surface area contributed by atoms with Gasteiger partial charge >= 0.3 is 11.9 Å². The van der Waals surface area contributed by atoms with E-state index in [9.17, 15) is 45.3 Å². The van der Waals surface area contributed by atoms with E-state index in [1.807, 2.05) is 0 Å². The highest BCUT2D eigenvalue weighted by Crippen LogP contribution is 2.49. The quantitative estimate of drug-likeness (QED) is 0.167. The summed E-state index contributed by atoms with van der Waals surface area (Å²) in [5.74, 6) is -3.71. The van der Waals surface area contributed by atoms with E-state index in [0.717, 1.165) is 0 Å². The summed E-state index contributed by atoms with van der Waals surface area (Å²) in [5, 5.41) is 70.8. The molecule has 7 N–H and O–H groups in total. The molecular weight excluding hydrogens is 636 g/mol. The number of rotatable bonds is 8. The fourth-order valence-electron chi connectivity index (χ4n) is 7.67. The van der Waals surface area contributed by atoms with Crippen molar-refractivity contribution >= 4 is 11.9 Å². The van der Waals surface area contributed by atoms with Gasteiger partial charge in [0.05, 0.1) is 36.4 Å². The Morgan fingerprint density at radius 2 is 1.40 bits per heavy atom. The van der Waals surface area contributed by atoms with Gasteiger partial charge in [0.25, 0.3) is 0 Å². The van der Waals surface area contributed by atoms with Crippen molar-refractivity contribution in [1.29, 1.82) is 0 Å². The minimum absolute atomic E-state index is 0.128. The number of fused-ring (bicyclic) bond motifs is 2. The fourth-order valence-corrected chi connectivity index (χ4v) is 7.67. The van der Waals surface area contributed by atoms with Crippen LogP contribution in [0.5, 0.6) is 5.75 Å². The van der Waals surface area contributed by atoms with Gasteiger partial charge in [-0.25, -0.2) is 9.59 Å². The molecule has 264 valence electrons. The summed E-state index contributed by atoms with van der Waals surface area (Å²) in [4.78, 5) is 26.6. The van der Waals surface area contributed by atoms with Crippen LogP contribution in [0.1, 0.15) is 32.3 Å². The van der Waals surface area contributed by atoms with E-state index in [-0.39, 0.29) is 48.2 Å². The number of hydrogen-bond acceptors (Lipinski definition) is 15. The van der Waals surface area contributed by atoms with Crippen molar-refractivity contribution in [1.82, 2.24) is 0 Å². The van der Waals surface area contributed by atoms with Gasteiger partial charge in [0.1, 0.15) is 42.9 Å². The Balaban J connectivity index is 1.05. The minimum atomic E-state index is -1.58. The second-order valence-corrected chi connectivity index (χ2v) is 13.3. The predicted octanol–water partition coefficient (Wildman–Crippen LogP) is -0.809. The van der Waals surface area contributed by atoms with Gasteiger partial charge in [-0.3, -0.25) is 0 Å². The van der Waals surface area contributed by atoms with E-state index in [1.54, 1.807) is 26.0 Å². The molecule has 15 atom stereocenters. The van der Waals surface area contributed by atoms with Gasteiger partial charge < -0.3 is 64.2 Å². The molecule has 0 aromatic heterocycles. The van der Waals surface area contributed by atoms with Crippen LogP contribution in [-0.2, 0) is 39.9 Å². The first-order chi connectivity index (χ1) is 22.9. The molecular formula is C33H42O15. The monoisotopic (exact) mass is 678 g/mol. The maximum Gasteiger partial charge on any atom is 0.337 e. The van der Waals surface area contributed by atoms with E-state index in [2.05, 4.69) is 0 Å². The van der Waals surface area contributed by atoms with Crippen LogP contribution >= 0.6 is 0 Å².